The van der Waals surface area contributed by atoms with Crippen LogP contribution in [-0.2, 0) is 25.5 Å². The summed E-state index contributed by atoms with van der Waals surface area (Å²) < 4.78 is 26.7. The number of carbonyl (C=O) groups is 2. The number of benzene rings is 2. The Morgan fingerprint density at radius 2 is 1.83 bits per heavy atom. The van der Waals surface area contributed by atoms with Gasteiger partial charge in [-0.25, -0.2) is 0 Å². The molecule has 3 rings (SSSR count). The number of ether oxygens (including phenoxy) is 4. The number of nitroso groups, excluding NO2 is 1. The van der Waals surface area contributed by atoms with E-state index < -0.39 is 29.5 Å². The Morgan fingerprint density at radius 3 is 2.46 bits per heavy atom. The van der Waals surface area contributed by atoms with Gasteiger partial charge in [-0.3, -0.25) is 14.4 Å². The molecule has 0 saturated heterocycles. The molecule has 0 radical (unpaired) electrons. The van der Waals surface area contributed by atoms with E-state index in [-0.39, 0.29) is 66.4 Å². The highest BCUT2D eigenvalue weighted by atomic mass is 16.6. The maximum atomic E-state index is 13.8. The van der Waals surface area contributed by atoms with Crippen molar-refractivity contribution >= 4 is 28.6 Å². The molecule has 0 aliphatic carbocycles. The molecule has 1 heterocycles. The highest BCUT2D eigenvalue weighted by molar-refractivity contribution is 5.95. The molecule has 0 unspecified atom stereocenters. The molecule has 41 heavy (non-hydrogen) atoms. The molecule has 0 aliphatic rings. The molecular formula is C30H29NO10. The highest BCUT2D eigenvalue weighted by Gasteiger charge is 2.26. The normalized spacial score (nSPS) is 10.5. The van der Waals surface area contributed by atoms with Crippen molar-refractivity contribution in [3.05, 3.63) is 62.7 Å². The van der Waals surface area contributed by atoms with Crippen molar-refractivity contribution in [1.82, 2.24) is 0 Å². The first-order valence-corrected chi connectivity index (χ1v) is 12.5. The first-order valence-electron chi connectivity index (χ1n) is 12.5. The van der Waals surface area contributed by atoms with E-state index in [9.17, 15) is 24.4 Å². The number of phenolic OH excluding ortho intramolecular Hbond substituents is 1. The van der Waals surface area contributed by atoms with Crippen LogP contribution in [0.5, 0.6) is 17.2 Å². The van der Waals surface area contributed by atoms with Crippen LogP contribution in [0.15, 0.2) is 56.4 Å². The lowest BCUT2D eigenvalue weighted by atomic mass is 10.0. The van der Waals surface area contributed by atoms with Crippen LogP contribution in [0.2, 0.25) is 0 Å². The van der Waals surface area contributed by atoms with Crippen molar-refractivity contribution < 1.29 is 38.1 Å². The summed E-state index contributed by atoms with van der Waals surface area (Å²) in [6, 6.07) is 7.44. The van der Waals surface area contributed by atoms with Crippen molar-refractivity contribution in [3.8, 4) is 40.9 Å². The zero-order valence-electron chi connectivity index (χ0n) is 22.9. The number of phenols is 1. The number of methoxy groups -OCH3 is 1. The smallest absolute Gasteiger partial charge is 0.312 e. The summed E-state index contributed by atoms with van der Waals surface area (Å²) >= 11 is 0. The molecular weight excluding hydrogens is 534 g/mol. The van der Waals surface area contributed by atoms with E-state index >= 15 is 0 Å². The van der Waals surface area contributed by atoms with Gasteiger partial charge in [-0.15, -0.1) is 11.3 Å². The fourth-order valence-corrected chi connectivity index (χ4v) is 3.76. The second kappa shape index (κ2) is 14.4. The maximum absolute atomic E-state index is 13.8. The molecule has 0 spiro atoms. The third-order valence-electron chi connectivity index (χ3n) is 5.77. The molecule has 3 aromatic rings. The van der Waals surface area contributed by atoms with Gasteiger partial charge >= 0.3 is 11.9 Å². The van der Waals surface area contributed by atoms with Crippen molar-refractivity contribution in [1.29, 1.82) is 0 Å². The molecule has 0 fully saturated rings. The number of rotatable bonds is 13. The summed E-state index contributed by atoms with van der Waals surface area (Å²) in [5, 5.41) is 13.3. The van der Waals surface area contributed by atoms with Gasteiger partial charge in [-0.05, 0) is 49.7 Å². The molecule has 0 bridgehead atoms. The van der Waals surface area contributed by atoms with E-state index in [0.29, 0.717) is 11.3 Å². The molecule has 1 N–H and O–H groups in total. The van der Waals surface area contributed by atoms with E-state index in [1.54, 1.807) is 24.3 Å². The van der Waals surface area contributed by atoms with Crippen molar-refractivity contribution in [2.75, 3.05) is 26.9 Å². The monoisotopic (exact) mass is 563 g/mol. The van der Waals surface area contributed by atoms with E-state index in [2.05, 4.69) is 11.1 Å². The Hall–Kier alpha value is -4.95. The van der Waals surface area contributed by atoms with Crippen LogP contribution in [0.25, 0.3) is 22.3 Å². The molecule has 0 aliphatic heterocycles. The SMILES string of the molecule is C#CCOCCOC(=O)CCC(=O)Oc1c(-c2ccc(OC)cc2)oc2c(CC=C(C)C)c(O)cc(N=O)c2c1=O. The standard InChI is InChI=1S/C30H29NO10/c1-5-14-38-15-16-39-24(33)12-13-25(34)40-30-27(35)26-22(31-36)17-23(32)21(11-6-18(2)3)29(26)41-28(30)19-7-9-20(37-4)10-8-19/h1,6-10,17,32H,11-16H2,2-4H3. The van der Waals surface area contributed by atoms with Crippen molar-refractivity contribution in [3.63, 3.8) is 0 Å². The van der Waals surface area contributed by atoms with Gasteiger partial charge in [0.05, 0.1) is 31.9 Å². The van der Waals surface area contributed by atoms with E-state index in [1.165, 1.54) is 7.11 Å². The van der Waals surface area contributed by atoms with E-state index in [1.807, 2.05) is 19.9 Å². The zero-order valence-corrected chi connectivity index (χ0v) is 22.9. The third-order valence-corrected chi connectivity index (χ3v) is 5.77. The molecule has 0 atom stereocenters. The third kappa shape index (κ3) is 7.80. The molecule has 2 aromatic carbocycles. The van der Waals surface area contributed by atoms with Crippen LogP contribution in [0.1, 0.15) is 32.3 Å². The van der Waals surface area contributed by atoms with E-state index in [0.717, 1.165) is 11.6 Å². The Morgan fingerprint density at radius 1 is 1.12 bits per heavy atom. The van der Waals surface area contributed by atoms with Gasteiger partial charge in [0.1, 0.15) is 36.0 Å². The molecule has 214 valence electrons. The van der Waals surface area contributed by atoms with Crippen LogP contribution in [0, 0.1) is 17.3 Å². The van der Waals surface area contributed by atoms with Crippen molar-refractivity contribution in [2.45, 2.75) is 33.1 Å². The summed E-state index contributed by atoms with van der Waals surface area (Å²) in [4.78, 5) is 50.1. The number of fused-ring (bicyclic) bond motifs is 1. The minimum atomic E-state index is -0.920. The molecule has 0 amide bonds. The average molecular weight is 564 g/mol. The Labute approximate surface area is 235 Å². The molecule has 11 heteroatoms. The lowest BCUT2D eigenvalue weighted by Gasteiger charge is -2.14. The van der Waals surface area contributed by atoms with Crippen molar-refractivity contribution in [2.24, 2.45) is 5.18 Å². The Kier molecular flexibility index (Phi) is 10.8. The average Bonchev–Trinajstić information content (AvgIpc) is 2.96. The number of aromatic hydroxyl groups is 1. The van der Waals surface area contributed by atoms with Gasteiger partial charge in [0.2, 0.25) is 11.2 Å². The summed E-state index contributed by atoms with van der Waals surface area (Å²) in [5.41, 5.74) is 0.205. The minimum absolute atomic E-state index is 0.0468. The van der Waals surface area contributed by atoms with Gasteiger partial charge in [-0.1, -0.05) is 17.6 Å². The van der Waals surface area contributed by atoms with Crippen LogP contribution in [0.4, 0.5) is 5.69 Å². The highest BCUT2D eigenvalue weighted by Crippen LogP contribution is 2.40. The van der Waals surface area contributed by atoms with Gasteiger partial charge in [-0.2, -0.15) is 0 Å². The molecule has 0 saturated carbocycles. The number of carbonyl (C=O) groups excluding carboxylic acids is 2. The number of esters is 2. The fourth-order valence-electron chi connectivity index (χ4n) is 3.76. The zero-order chi connectivity index (χ0) is 29.9. The number of nitrogens with zero attached hydrogens (tertiary/aromatic N) is 1. The van der Waals surface area contributed by atoms with Gasteiger partial charge in [0, 0.05) is 17.2 Å². The summed E-state index contributed by atoms with van der Waals surface area (Å²) in [5.74, 6) is 0.269. The summed E-state index contributed by atoms with van der Waals surface area (Å²) in [7, 11) is 1.49. The van der Waals surface area contributed by atoms with Gasteiger partial charge < -0.3 is 28.5 Å². The molecule has 11 nitrogen and oxygen atoms in total. The predicted molar refractivity (Wildman–Crippen MR) is 150 cm³/mol. The Balaban J connectivity index is 2.04. The first-order chi connectivity index (χ1) is 19.7. The lowest BCUT2D eigenvalue weighted by Crippen LogP contribution is -2.18. The first kappa shape index (κ1) is 30.6. The largest absolute Gasteiger partial charge is 0.507 e. The lowest BCUT2D eigenvalue weighted by molar-refractivity contribution is -0.148. The number of hydrogen-bond donors (Lipinski definition) is 1. The second-order valence-corrected chi connectivity index (χ2v) is 8.94. The van der Waals surface area contributed by atoms with Crippen LogP contribution in [0.3, 0.4) is 0 Å². The maximum Gasteiger partial charge on any atom is 0.312 e. The van der Waals surface area contributed by atoms with Gasteiger partial charge in [0.25, 0.3) is 0 Å². The summed E-state index contributed by atoms with van der Waals surface area (Å²) in [6.45, 7) is 3.85. The van der Waals surface area contributed by atoms with Crippen LogP contribution < -0.4 is 14.9 Å². The topological polar surface area (TPSA) is 151 Å². The quantitative estimate of drug-likeness (QED) is 0.0993. The fraction of sp³-hybridized carbons (Fsp3) is 0.300. The second-order valence-electron chi connectivity index (χ2n) is 8.94. The van der Waals surface area contributed by atoms with Gasteiger partial charge in [0.15, 0.2) is 5.76 Å². The predicted octanol–water partition coefficient (Wildman–Crippen LogP) is 4.96. The number of allylic oxidation sites excluding steroid dienone is 2. The number of terminal acetylenes is 1. The number of hydrogen-bond acceptors (Lipinski definition) is 11. The van der Waals surface area contributed by atoms with Crippen LogP contribution in [-0.4, -0.2) is 44.0 Å². The molecule has 1 aromatic heterocycles. The Bertz CT molecular complexity index is 1560. The van der Waals surface area contributed by atoms with Crippen LogP contribution >= 0.6 is 0 Å². The summed E-state index contributed by atoms with van der Waals surface area (Å²) in [6.07, 6.45) is 6.32. The minimum Gasteiger partial charge on any atom is -0.507 e. The van der Waals surface area contributed by atoms with E-state index in [4.69, 9.17) is 29.8 Å².